The molecule has 2 heterocycles. The summed E-state index contributed by atoms with van der Waals surface area (Å²) in [6.07, 6.45) is 1.98. The van der Waals surface area contributed by atoms with Gasteiger partial charge in [-0.1, -0.05) is 13.3 Å². The third kappa shape index (κ3) is 6.29. The molecule has 9 nitrogen and oxygen atoms in total. The summed E-state index contributed by atoms with van der Waals surface area (Å²) >= 11 is 0.994. The fourth-order valence-corrected chi connectivity index (χ4v) is 5.62. The minimum Gasteiger partial charge on any atom is -0.493 e. The number of carbonyl (C=O) groups excluding carboxylic acids is 2. The number of aryl methyl sites for hydroxylation is 3. The van der Waals surface area contributed by atoms with Crippen molar-refractivity contribution in [2.24, 2.45) is 0 Å². The number of unbranched alkanes of at least 4 members (excludes halogenated alkanes) is 1. The zero-order valence-electron chi connectivity index (χ0n) is 24.2. The van der Waals surface area contributed by atoms with Crippen LogP contribution in [0.5, 0.6) is 5.75 Å². The van der Waals surface area contributed by atoms with Crippen LogP contribution in [0.3, 0.4) is 0 Å². The minimum atomic E-state index is -1.54. The zero-order chi connectivity index (χ0) is 29.8. The van der Waals surface area contributed by atoms with Gasteiger partial charge in [-0.2, -0.15) is 0 Å². The predicted octanol–water partition coefficient (Wildman–Crippen LogP) is 4.53. The van der Waals surface area contributed by atoms with E-state index >= 15 is 0 Å². The summed E-state index contributed by atoms with van der Waals surface area (Å²) in [5.41, 5.74) is -1.98. The Balaban J connectivity index is 2.23. The molecule has 0 fully saturated rings. The molecular formula is C29H38FN3O6S. The monoisotopic (exact) mass is 575 g/mol. The number of carbonyl (C=O) groups is 2. The second-order valence-corrected chi connectivity index (χ2v) is 11.4. The summed E-state index contributed by atoms with van der Waals surface area (Å²) < 4.78 is 27.6. The molecule has 0 aliphatic heterocycles. The Kier molecular flexibility index (Phi) is 9.94. The first-order valence-electron chi connectivity index (χ1n) is 13.5. The molecular weight excluding hydrogens is 537 g/mol. The molecule has 0 aliphatic rings. The van der Waals surface area contributed by atoms with Crippen molar-refractivity contribution in [1.29, 1.82) is 0 Å². The lowest BCUT2D eigenvalue weighted by Crippen LogP contribution is -2.56. The normalized spacial score (nSPS) is 11.7. The number of benzene rings is 1. The highest BCUT2D eigenvalue weighted by Crippen LogP contribution is 2.30. The number of thiophene rings is 1. The Hall–Kier alpha value is -3.47. The number of nitrogens with one attached hydrogen (secondary N) is 1. The average Bonchev–Trinajstić information content (AvgIpc) is 3.22. The topological polar surface area (TPSA) is 109 Å². The Morgan fingerprint density at radius 1 is 1.18 bits per heavy atom. The van der Waals surface area contributed by atoms with Crippen LogP contribution in [0, 0.1) is 12.7 Å². The molecule has 40 heavy (non-hydrogen) atoms. The standard InChI is InChI=1S/C29H38FN3O6S/c1-8-10-15-39-21-12-11-20(30)16-19(21)13-14-32-25-22(18(5)23(40-25)26(35)38-9-2)24(34)33(28(32)37)29(6,7)27(36)31-17(3)4/h11-12,16-17H,8-10,13-15H2,1-7H3,(H,31,36). The third-order valence-electron chi connectivity index (χ3n) is 6.59. The van der Waals surface area contributed by atoms with Crippen molar-refractivity contribution in [3.05, 3.63) is 60.9 Å². The summed E-state index contributed by atoms with van der Waals surface area (Å²) in [4.78, 5) is 54.2. The SMILES string of the molecule is CCCCOc1ccc(F)cc1CCn1c(=O)n(C(C)(C)C(=O)NC(C)C)c(=O)c2c(C)c(C(=O)OCC)sc21. The van der Waals surface area contributed by atoms with Crippen LogP contribution >= 0.6 is 11.3 Å². The zero-order valence-corrected chi connectivity index (χ0v) is 25.0. The highest BCUT2D eigenvalue weighted by Gasteiger charge is 2.36. The van der Waals surface area contributed by atoms with Crippen LogP contribution in [-0.4, -0.2) is 40.3 Å². The number of nitrogens with zero attached hydrogens (tertiary/aromatic N) is 2. The van der Waals surface area contributed by atoms with Gasteiger partial charge in [-0.15, -0.1) is 11.3 Å². The summed E-state index contributed by atoms with van der Waals surface area (Å²) in [7, 11) is 0. The molecule has 218 valence electrons. The van der Waals surface area contributed by atoms with Crippen molar-refractivity contribution in [3.8, 4) is 5.75 Å². The van der Waals surface area contributed by atoms with Crippen LogP contribution in [0.2, 0.25) is 0 Å². The Bertz CT molecular complexity index is 1520. The molecule has 0 saturated heterocycles. The van der Waals surface area contributed by atoms with Crippen molar-refractivity contribution < 1.29 is 23.5 Å². The van der Waals surface area contributed by atoms with E-state index in [-0.39, 0.29) is 40.7 Å². The molecule has 0 saturated carbocycles. The van der Waals surface area contributed by atoms with Gasteiger partial charge in [0.05, 0.1) is 18.6 Å². The lowest BCUT2D eigenvalue weighted by molar-refractivity contribution is -0.129. The Morgan fingerprint density at radius 2 is 1.88 bits per heavy atom. The van der Waals surface area contributed by atoms with Gasteiger partial charge in [-0.05, 0) is 83.7 Å². The van der Waals surface area contributed by atoms with E-state index in [2.05, 4.69) is 5.32 Å². The van der Waals surface area contributed by atoms with Crippen LogP contribution in [0.1, 0.15) is 75.2 Å². The van der Waals surface area contributed by atoms with E-state index in [4.69, 9.17) is 9.47 Å². The first kappa shape index (κ1) is 31.1. The van der Waals surface area contributed by atoms with E-state index < -0.39 is 34.5 Å². The molecule has 3 rings (SSSR count). The molecule has 1 amide bonds. The molecule has 0 unspecified atom stereocenters. The van der Waals surface area contributed by atoms with Crippen LogP contribution in [0.15, 0.2) is 27.8 Å². The molecule has 11 heteroatoms. The van der Waals surface area contributed by atoms with Crippen LogP contribution in [0.4, 0.5) is 4.39 Å². The largest absolute Gasteiger partial charge is 0.493 e. The van der Waals surface area contributed by atoms with Gasteiger partial charge in [-0.25, -0.2) is 18.5 Å². The maximum atomic E-state index is 14.2. The molecule has 0 aliphatic carbocycles. The number of esters is 1. The highest BCUT2D eigenvalue weighted by atomic mass is 32.1. The van der Waals surface area contributed by atoms with E-state index in [0.29, 0.717) is 23.5 Å². The third-order valence-corrected chi connectivity index (χ3v) is 7.89. The van der Waals surface area contributed by atoms with Crippen molar-refractivity contribution in [1.82, 2.24) is 14.5 Å². The van der Waals surface area contributed by atoms with E-state index in [0.717, 1.165) is 28.7 Å². The van der Waals surface area contributed by atoms with Crippen molar-refractivity contribution in [2.45, 2.75) is 85.9 Å². The molecule has 0 bridgehead atoms. The molecule has 0 atom stereocenters. The summed E-state index contributed by atoms with van der Waals surface area (Å²) in [6.45, 7) is 12.6. The first-order valence-corrected chi connectivity index (χ1v) is 14.3. The average molecular weight is 576 g/mol. The molecule has 1 N–H and O–H groups in total. The second-order valence-electron chi connectivity index (χ2n) is 10.4. The van der Waals surface area contributed by atoms with Crippen molar-refractivity contribution >= 4 is 33.4 Å². The lowest BCUT2D eigenvalue weighted by atomic mass is 10.0. The Labute approximate surface area is 236 Å². The number of fused-ring (bicyclic) bond motifs is 1. The van der Waals surface area contributed by atoms with Crippen molar-refractivity contribution in [3.63, 3.8) is 0 Å². The number of aromatic nitrogens is 2. The van der Waals surface area contributed by atoms with Crippen LogP contribution < -0.4 is 21.3 Å². The molecule has 0 radical (unpaired) electrons. The van der Waals surface area contributed by atoms with Gasteiger partial charge in [0.25, 0.3) is 5.56 Å². The van der Waals surface area contributed by atoms with Crippen LogP contribution in [-0.2, 0) is 28.0 Å². The van der Waals surface area contributed by atoms with Crippen LogP contribution in [0.25, 0.3) is 10.2 Å². The van der Waals surface area contributed by atoms with Gasteiger partial charge in [0.1, 0.15) is 26.8 Å². The maximum Gasteiger partial charge on any atom is 0.348 e. The summed E-state index contributed by atoms with van der Waals surface area (Å²) in [6, 6.07) is 4.03. The molecule has 1 aromatic carbocycles. The number of ether oxygens (including phenoxy) is 2. The molecule has 0 spiro atoms. The quantitative estimate of drug-likeness (QED) is 0.251. The fourth-order valence-electron chi connectivity index (χ4n) is 4.41. The van der Waals surface area contributed by atoms with E-state index in [1.807, 2.05) is 6.92 Å². The van der Waals surface area contributed by atoms with Gasteiger partial charge in [0, 0.05) is 12.6 Å². The van der Waals surface area contributed by atoms with E-state index in [1.165, 1.54) is 30.5 Å². The number of hydrogen-bond acceptors (Lipinski definition) is 7. The Morgan fingerprint density at radius 3 is 2.50 bits per heavy atom. The van der Waals surface area contributed by atoms with Gasteiger partial charge < -0.3 is 14.8 Å². The molecule has 3 aromatic rings. The predicted molar refractivity (Wildman–Crippen MR) is 154 cm³/mol. The minimum absolute atomic E-state index is 0.0489. The number of halogens is 1. The van der Waals surface area contributed by atoms with Gasteiger partial charge in [-0.3, -0.25) is 14.2 Å². The number of amides is 1. The van der Waals surface area contributed by atoms with Gasteiger partial charge >= 0.3 is 11.7 Å². The smallest absolute Gasteiger partial charge is 0.348 e. The molecule has 2 aromatic heterocycles. The second kappa shape index (κ2) is 12.8. The highest BCUT2D eigenvalue weighted by molar-refractivity contribution is 7.20. The van der Waals surface area contributed by atoms with Crippen molar-refractivity contribution in [2.75, 3.05) is 13.2 Å². The maximum absolute atomic E-state index is 14.2. The first-order chi connectivity index (χ1) is 18.8. The summed E-state index contributed by atoms with van der Waals surface area (Å²) in [5, 5.41) is 2.94. The number of hydrogen-bond donors (Lipinski definition) is 1. The lowest BCUT2D eigenvalue weighted by Gasteiger charge is -2.27. The summed E-state index contributed by atoms with van der Waals surface area (Å²) in [5.74, 6) is -1.02. The van der Waals surface area contributed by atoms with E-state index in [9.17, 15) is 23.6 Å². The fraction of sp³-hybridized carbons (Fsp3) is 0.517. The van der Waals surface area contributed by atoms with E-state index in [1.54, 1.807) is 33.8 Å². The van der Waals surface area contributed by atoms with Gasteiger partial charge in [0.2, 0.25) is 5.91 Å². The number of rotatable bonds is 12. The van der Waals surface area contributed by atoms with Gasteiger partial charge in [0.15, 0.2) is 0 Å².